The number of alkyl halides is 3. The van der Waals surface area contributed by atoms with Crippen molar-refractivity contribution in [2.75, 3.05) is 60.4 Å². The van der Waals surface area contributed by atoms with E-state index in [1.807, 2.05) is 26.0 Å². The summed E-state index contributed by atoms with van der Waals surface area (Å²) in [6.07, 6.45) is -5.08. The number of piperazine rings is 1. The number of carboxylic acid groups (broad SMARTS) is 1. The van der Waals surface area contributed by atoms with Gasteiger partial charge in [0.25, 0.3) is 0 Å². The maximum atomic E-state index is 11.9. The van der Waals surface area contributed by atoms with Crippen LogP contribution in [0, 0.1) is 0 Å². The van der Waals surface area contributed by atoms with Crippen molar-refractivity contribution < 1.29 is 27.9 Å². The molecular formula is C12H23F3N4O3. The predicted molar refractivity (Wildman–Crippen MR) is 74.7 cm³/mol. The lowest BCUT2D eigenvalue weighted by molar-refractivity contribution is -0.192. The Bertz CT molecular complexity index is 358. The molecule has 130 valence electrons. The van der Waals surface area contributed by atoms with Crippen molar-refractivity contribution in [2.45, 2.75) is 6.18 Å². The summed E-state index contributed by atoms with van der Waals surface area (Å²) in [5, 5.41) is 10.4. The standard InChI is InChI=1S/C10H22N4O.C2HF3O2/c1-12(2)8-9-13(3)10(15)14-6-4-11-5-7-14;3-2(4,5)1(6)7/h11H,4-9H2,1-3H3;(H,6,7). The first-order valence-corrected chi connectivity index (χ1v) is 6.71. The zero-order chi connectivity index (χ0) is 17.3. The van der Waals surface area contributed by atoms with E-state index in [-0.39, 0.29) is 6.03 Å². The van der Waals surface area contributed by atoms with Crippen LogP contribution in [0.5, 0.6) is 0 Å². The van der Waals surface area contributed by atoms with Crippen molar-refractivity contribution in [1.82, 2.24) is 20.0 Å². The minimum absolute atomic E-state index is 0.151. The number of nitrogens with zero attached hydrogens (tertiary/aromatic N) is 3. The first-order valence-electron chi connectivity index (χ1n) is 6.71. The highest BCUT2D eigenvalue weighted by Gasteiger charge is 2.38. The normalized spacial score (nSPS) is 15.1. The zero-order valence-corrected chi connectivity index (χ0v) is 13.0. The van der Waals surface area contributed by atoms with E-state index in [9.17, 15) is 18.0 Å². The second kappa shape index (κ2) is 9.46. The SMILES string of the molecule is CN(C)CCN(C)C(=O)N1CCNCC1.O=C(O)C(F)(F)F. The smallest absolute Gasteiger partial charge is 0.475 e. The van der Waals surface area contributed by atoms with E-state index < -0.39 is 12.1 Å². The van der Waals surface area contributed by atoms with Gasteiger partial charge < -0.3 is 25.1 Å². The van der Waals surface area contributed by atoms with Gasteiger partial charge in [-0.3, -0.25) is 0 Å². The summed E-state index contributed by atoms with van der Waals surface area (Å²) in [5.41, 5.74) is 0. The van der Waals surface area contributed by atoms with Crippen LogP contribution < -0.4 is 5.32 Å². The van der Waals surface area contributed by atoms with E-state index in [0.717, 1.165) is 39.3 Å². The Labute approximate surface area is 127 Å². The molecule has 0 aromatic heterocycles. The molecule has 0 saturated carbocycles. The molecule has 0 aromatic carbocycles. The summed E-state index contributed by atoms with van der Waals surface area (Å²) in [6.45, 7) is 5.17. The Balaban J connectivity index is 0.000000534. The molecule has 0 aromatic rings. The lowest BCUT2D eigenvalue weighted by Gasteiger charge is -2.31. The van der Waals surface area contributed by atoms with Crippen LogP contribution in [0.3, 0.4) is 0 Å². The number of aliphatic carboxylic acids is 1. The molecule has 0 spiro atoms. The van der Waals surface area contributed by atoms with Crippen LogP contribution in [0.4, 0.5) is 18.0 Å². The van der Waals surface area contributed by atoms with Crippen LogP contribution in [0.25, 0.3) is 0 Å². The summed E-state index contributed by atoms with van der Waals surface area (Å²) in [6, 6.07) is 0.151. The molecule has 0 aliphatic carbocycles. The molecule has 0 atom stereocenters. The third kappa shape index (κ3) is 8.67. The average molecular weight is 328 g/mol. The minimum atomic E-state index is -5.08. The van der Waals surface area contributed by atoms with E-state index in [1.54, 1.807) is 4.90 Å². The molecule has 10 heteroatoms. The molecule has 1 aliphatic heterocycles. The van der Waals surface area contributed by atoms with E-state index in [0.29, 0.717) is 0 Å². The van der Waals surface area contributed by atoms with Gasteiger partial charge >= 0.3 is 18.2 Å². The van der Waals surface area contributed by atoms with Gasteiger partial charge in [-0.2, -0.15) is 13.2 Å². The Morgan fingerprint density at radius 2 is 1.59 bits per heavy atom. The van der Waals surface area contributed by atoms with Crippen LogP contribution in [0.2, 0.25) is 0 Å². The molecule has 1 heterocycles. The first-order chi connectivity index (χ1) is 10.1. The van der Waals surface area contributed by atoms with E-state index in [4.69, 9.17) is 9.90 Å². The molecule has 2 amide bonds. The number of rotatable bonds is 3. The van der Waals surface area contributed by atoms with Crippen molar-refractivity contribution in [3.05, 3.63) is 0 Å². The molecule has 1 rings (SSSR count). The predicted octanol–water partition coefficient (Wildman–Crippen LogP) is 0.138. The summed E-state index contributed by atoms with van der Waals surface area (Å²) in [5.74, 6) is -2.76. The third-order valence-corrected chi connectivity index (χ3v) is 2.84. The van der Waals surface area contributed by atoms with Gasteiger partial charge in [0.15, 0.2) is 0 Å². The van der Waals surface area contributed by atoms with Gasteiger partial charge in [0.05, 0.1) is 0 Å². The lowest BCUT2D eigenvalue weighted by Crippen LogP contribution is -2.51. The van der Waals surface area contributed by atoms with Crippen LogP contribution in [-0.4, -0.2) is 98.4 Å². The number of nitrogens with one attached hydrogen (secondary N) is 1. The molecular weight excluding hydrogens is 305 g/mol. The molecule has 1 fully saturated rings. The molecule has 0 unspecified atom stereocenters. The molecule has 7 nitrogen and oxygen atoms in total. The Kier molecular flexibility index (Phi) is 8.80. The second-order valence-corrected chi connectivity index (χ2v) is 5.05. The fraction of sp³-hybridized carbons (Fsp3) is 0.833. The largest absolute Gasteiger partial charge is 0.490 e. The quantitative estimate of drug-likeness (QED) is 0.771. The monoisotopic (exact) mass is 328 g/mol. The number of hydrogen-bond donors (Lipinski definition) is 2. The van der Waals surface area contributed by atoms with Crippen LogP contribution in [-0.2, 0) is 4.79 Å². The summed E-state index contributed by atoms with van der Waals surface area (Å²) >= 11 is 0. The second-order valence-electron chi connectivity index (χ2n) is 5.05. The lowest BCUT2D eigenvalue weighted by atomic mass is 10.4. The van der Waals surface area contributed by atoms with E-state index >= 15 is 0 Å². The Morgan fingerprint density at radius 1 is 1.14 bits per heavy atom. The van der Waals surface area contributed by atoms with E-state index in [1.165, 1.54) is 0 Å². The first kappa shape index (κ1) is 20.5. The number of carbonyl (C=O) groups excluding carboxylic acids is 1. The summed E-state index contributed by atoms with van der Waals surface area (Å²) in [7, 11) is 5.90. The Morgan fingerprint density at radius 3 is 1.95 bits per heavy atom. The topological polar surface area (TPSA) is 76.1 Å². The van der Waals surface area contributed by atoms with Crippen LogP contribution >= 0.6 is 0 Å². The highest BCUT2D eigenvalue weighted by molar-refractivity contribution is 5.74. The van der Waals surface area contributed by atoms with Gasteiger partial charge in [0, 0.05) is 46.3 Å². The summed E-state index contributed by atoms with van der Waals surface area (Å²) in [4.78, 5) is 26.6. The van der Waals surface area contributed by atoms with Gasteiger partial charge in [-0.15, -0.1) is 0 Å². The van der Waals surface area contributed by atoms with Crippen molar-refractivity contribution in [3.8, 4) is 0 Å². The summed E-state index contributed by atoms with van der Waals surface area (Å²) < 4.78 is 31.7. The number of halogens is 3. The average Bonchev–Trinajstić information content (AvgIpc) is 2.44. The molecule has 1 saturated heterocycles. The number of likely N-dealkylation sites (N-methyl/N-ethyl adjacent to an activating group) is 2. The van der Waals surface area contributed by atoms with Crippen molar-refractivity contribution in [2.24, 2.45) is 0 Å². The number of urea groups is 1. The van der Waals surface area contributed by atoms with Gasteiger partial charge in [-0.05, 0) is 14.1 Å². The van der Waals surface area contributed by atoms with Gasteiger partial charge in [-0.1, -0.05) is 0 Å². The highest BCUT2D eigenvalue weighted by Crippen LogP contribution is 2.13. The molecule has 1 aliphatic rings. The van der Waals surface area contributed by atoms with Crippen LogP contribution in [0.15, 0.2) is 0 Å². The molecule has 2 N–H and O–H groups in total. The maximum absolute atomic E-state index is 11.9. The van der Waals surface area contributed by atoms with Gasteiger partial charge in [0.1, 0.15) is 0 Å². The molecule has 0 bridgehead atoms. The number of carboxylic acids is 1. The minimum Gasteiger partial charge on any atom is -0.475 e. The molecule has 0 radical (unpaired) electrons. The van der Waals surface area contributed by atoms with Crippen molar-refractivity contribution in [1.29, 1.82) is 0 Å². The zero-order valence-electron chi connectivity index (χ0n) is 13.0. The van der Waals surface area contributed by atoms with E-state index in [2.05, 4.69) is 10.2 Å². The fourth-order valence-electron chi connectivity index (χ4n) is 1.54. The highest BCUT2D eigenvalue weighted by atomic mass is 19.4. The number of carbonyl (C=O) groups is 2. The van der Waals surface area contributed by atoms with Crippen molar-refractivity contribution >= 4 is 12.0 Å². The van der Waals surface area contributed by atoms with Gasteiger partial charge in [-0.25, -0.2) is 9.59 Å². The maximum Gasteiger partial charge on any atom is 0.490 e. The molecule has 22 heavy (non-hydrogen) atoms. The van der Waals surface area contributed by atoms with Crippen LogP contribution in [0.1, 0.15) is 0 Å². The number of amides is 2. The van der Waals surface area contributed by atoms with Crippen molar-refractivity contribution in [3.63, 3.8) is 0 Å². The van der Waals surface area contributed by atoms with Gasteiger partial charge in [0.2, 0.25) is 0 Å². The Hall–Kier alpha value is -1.55. The number of hydrogen-bond acceptors (Lipinski definition) is 4. The third-order valence-electron chi connectivity index (χ3n) is 2.84. The fourth-order valence-corrected chi connectivity index (χ4v) is 1.54.